The van der Waals surface area contributed by atoms with Crippen molar-refractivity contribution in [3.63, 3.8) is 0 Å². The van der Waals surface area contributed by atoms with Gasteiger partial charge in [-0.15, -0.1) is 11.3 Å². The number of anilines is 1. The van der Waals surface area contributed by atoms with Crippen LogP contribution in [0, 0.1) is 0 Å². The molecule has 2 N–H and O–H groups in total. The molecule has 9 heteroatoms. The quantitative estimate of drug-likeness (QED) is 0.883. The van der Waals surface area contributed by atoms with Crippen molar-refractivity contribution in [1.29, 1.82) is 0 Å². The summed E-state index contributed by atoms with van der Waals surface area (Å²) in [7, 11) is -2.94. The van der Waals surface area contributed by atoms with E-state index in [1.54, 1.807) is 0 Å². The first-order valence-electron chi connectivity index (χ1n) is 5.74. The van der Waals surface area contributed by atoms with E-state index in [1.165, 1.54) is 11.3 Å². The zero-order chi connectivity index (χ0) is 13.5. The Kier molecular flexibility index (Phi) is 3.02. The minimum Gasteiger partial charge on any atom is -0.375 e. The largest absolute Gasteiger partial charge is 0.375 e. The highest BCUT2D eigenvalue weighted by atomic mass is 32.2. The second-order valence-electron chi connectivity index (χ2n) is 4.50. The molecule has 2 aromatic heterocycles. The number of sulfone groups is 1. The summed E-state index contributed by atoms with van der Waals surface area (Å²) in [5, 5.41) is 6.19. The summed E-state index contributed by atoms with van der Waals surface area (Å²) in [6, 6.07) is 0. The van der Waals surface area contributed by atoms with Gasteiger partial charge in [-0.25, -0.2) is 13.4 Å². The van der Waals surface area contributed by atoms with Gasteiger partial charge in [0.05, 0.1) is 23.6 Å². The van der Waals surface area contributed by atoms with Crippen molar-refractivity contribution in [3.8, 4) is 0 Å². The van der Waals surface area contributed by atoms with Gasteiger partial charge in [0.25, 0.3) is 0 Å². The Morgan fingerprint density at radius 3 is 2.95 bits per heavy atom. The second kappa shape index (κ2) is 4.57. The van der Waals surface area contributed by atoms with E-state index in [1.807, 2.05) is 5.38 Å². The zero-order valence-corrected chi connectivity index (χ0v) is 11.6. The maximum atomic E-state index is 11.4. The Morgan fingerprint density at radius 1 is 1.47 bits per heavy atom. The van der Waals surface area contributed by atoms with Crippen LogP contribution in [0.1, 0.15) is 29.7 Å². The van der Waals surface area contributed by atoms with Gasteiger partial charge in [0.1, 0.15) is 0 Å². The zero-order valence-electron chi connectivity index (χ0n) is 9.94. The van der Waals surface area contributed by atoms with Gasteiger partial charge in [-0.1, -0.05) is 5.16 Å². The van der Waals surface area contributed by atoms with Gasteiger partial charge in [0.2, 0.25) is 5.89 Å². The molecule has 102 valence electrons. The summed E-state index contributed by atoms with van der Waals surface area (Å²) in [6.45, 7) is 0. The Balaban J connectivity index is 1.73. The fourth-order valence-corrected chi connectivity index (χ4v) is 4.36. The van der Waals surface area contributed by atoms with E-state index in [0.717, 1.165) is 5.69 Å². The Labute approximate surface area is 113 Å². The van der Waals surface area contributed by atoms with E-state index in [-0.39, 0.29) is 17.4 Å². The average molecular weight is 300 g/mol. The first kappa shape index (κ1) is 12.5. The monoisotopic (exact) mass is 300 g/mol. The topological polar surface area (TPSA) is 112 Å². The molecule has 0 radical (unpaired) electrons. The average Bonchev–Trinajstić information content (AvgIpc) is 3.01. The standard InChI is InChI=1S/C10H12N4O3S2/c11-10-12-7(4-18-10)3-8-13-9(14-17-8)6-1-2-19(15,16)5-6/h4,6H,1-3,5H2,(H2,11,12). The summed E-state index contributed by atoms with van der Waals surface area (Å²) < 4.78 is 27.9. The normalized spacial score (nSPS) is 21.8. The van der Waals surface area contributed by atoms with Crippen LogP contribution in [0.15, 0.2) is 9.90 Å². The number of nitrogen functional groups attached to an aromatic ring is 1. The summed E-state index contributed by atoms with van der Waals surface area (Å²) in [6.07, 6.45) is 0.977. The van der Waals surface area contributed by atoms with Crippen molar-refractivity contribution in [1.82, 2.24) is 15.1 Å². The fraction of sp³-hybridized carbons (Fsp3) is 0.500. The van der Waals surface area contributed by atoms with Gasteiger partial charge < -0.3 is 10.3 Å². The summed E-state index contributed by atoms with van der Waals surface area (Å²) in [4.78, 5) is 8.35. The highest BCUT2D eigenvalue weighted by Gasteiger charge is 2.32. The van der Waals surface area contributed by atoms with Crippen molar-refractivity contribution in [2.24, 2.45) is 0 Å². The van der Waals surface area contributed by atoms with Crippen LogP contribution in [0.5, 0.6) is 0 Å². The van der Waals surface area contributed by atoms with Gasteiger partial charge in [0.15, 0.2) is 20.8 Å². The van der Waals surface area contributed by atoms with E-state index in [4.69, 9.17) is 10.3 Å². The number of thiazole rings is 1. The van der Waals surface area contributed by atoms with Crippen molar-refractivity contribution >= 4 is 26.3 Å². The molecule has 0 bridgehead atoms. The molecule has 3 rings (SSSR count). The van der Waals surface area contributed by atoms with E-state index in [0.29, 0.717) is 29.7 Å². The maximum absolute atomic E-state index is 11.4. The molecule has 0 spiro atoms. The SMILES string of the molecule is Nc1nc(Cc2nc(C3CCS(=O)(=O)C3)no2)cs1. The molecule has 1 aliphatic rings. The van der Waals surface area contributed by atoms with Crippen LogP contribution in [0.25, 0.3) is 0 Å². The fourth-order valence-electron chi connectivity index (χ4n) is 2.06. The molecule has 1 fully saturated rings. The minimum absolute atomic E-state index is 0.107. The molecule has 0 amide bonds. The highest BCUT2D eigenvalue weighted by molar-refractivity contribution is 7.91. The van der Waals surface area contributed by atoms with Crippen molar-refractivity contribution in [3.05, 3.63) is 22.8 Å². The third-order valence-corrected chi connectivity index (χ3v) is 5.47. The summed E-state index contributed by atoms with van der Waals surface area (Å²) in [5.41, 5.74) is 6.32. The van der Waals surface area contributed by atoms with Gasteiger partial charge in [-0.3, -0.25) is 0 Å². The molecule has 1 aliphatic heterocycles. The van der Waals surface area contributed by atoms with Crippen LogP contribution in [0.4, 0.5) is 5.13 Å². The second-order valence-corrected chi connectivity index (χ2v) is 7.62. The van der Waals surface area contributed by atoms with E-state index in [9.17, 15) is 8.42 Å². The lowest BCUT2D eigenvalue weighted by atomic mass is 10.1. The molecule has 19 heavy (non-hydrogen) atoms. The Hall–Kier alpha value is -1.48. The molecule has 0 aliphatic carbocycles. The van der Waals surface area contributed by atoms with Crippen LogP contribution in [0.2, 0.25) is 0 Å². The van der Waals surface area contributed by atoms with Crippen molar-refractivity contribution in [2.75, 3.05) is 17.2 Å². The number of hydrogen-bond acceptors (Lipinski definition) is 8. The number of hydrogen-bond donors (Lipinski definition) is 1. The van der Waals surface area contributed by atoms with Gasteiger partial charge >= 0.3 is 0 Å². The lowest BCUT2D eigenvalue weighted by Gasteiger charge is -1.97. The first-order chi connectivity index (χ1) is 9.02. The molecule has 1 saturated heterocycles. The molecule has 0 saturated carbocycles. The lowest BCUT2D eigenvalue weighted by Crippen LogP contribution is -2.05. The number of aromatic nitrogens is 3. The first-order valence-corrected chi connectivity index (χ1v) is 8.45. The van der Waals surface area contributed by atoms with Crippen LogP contribution in [0.3, 0.4) is 0 Å². The molecule has 1 unspecified atom stereocenters. The van der Waals surface area contributed by atoms with E-state index in [2.05, 4.69) is 15.1 Å². The molecule has 0 aromatic carbocycles. The van der Waals surface area contributed by atoms with E-state index < -0.39 is 9.84 Å². The third-order valence-electron chi connectivity index (χ3n) is 2.98. The van der Waals surface area contributed by atoms with E-state index >= 15 is 0 Å². The molecule has 3 heterocycles. The van der Waals surface area contributed by atoms with Gasteiger partial charge in [-0.2, -0.15) is 4.98 Å². The third kappa shape index (κ3) is 2.76. The molecular weight excluding hydrogens is 288 g/mol. The van der Waals surface area contributed by atoms with Gasteiger partial charge in [0, 0.05) is 11.3 Å². The number of nitrogens with zero attached hydrogens (tertiary/aromatic N) is 3. The molecule has 1 atom stereocenters. The summed E-state index contributed by atoms with van der Waals surface area (Å²) in [5.74, 6) is 1.06. The minimum atomic E-state index is -2.94. The maximum Gasteiger partial charge on any atom is 0.232 e. The summed E-state index contributed by atoms with van der Waals surface area (Å²) >= 11 is 1.35. The van der Waals surface area contributed by atoms with Gasteiger partial charge in [-0.05, 0) is 6.42 Å². The smallest absolute Gasteiger partial charge is 0.232 e. The predicted molar refractivity (Wildman–Crippen MR) is 69.6 cm³/mol. The predicted octanol–water partition coefficient (Wildman–Crippen LogP) is 0.601. The molecular formula is C10H12N4O3S2. The van der Waals surface area contributed by atoms with Crippen molar-refractivity contribution < 1.29 is 12.9 Å². The van der Waals surface area contributed by atoms with Crippen LogP contribution in [-0.2, 0) is 16.3 Å². The Bertz CT molecular complexity index is 691. The molecule has 7 nitrogen and oxygen atoms in total. The van der Waals surface area contributed by atoms with Crippen LogP contribution >= 0.6 is 11.3 Å². The Morgan fingerprint density at radius 2 is 2.32 bits per heavy atom. The van der Waals surface area contributed by atoms with Crippen molar-refractivity contribution in [2.45, 2.75) is 18.8 Å². The van der Waals surface area contributed by atoms with Crippen LogP contribution in [-0.4, -0.2) is 35.0 Å². The number of nitrogens with two attached hydrogens (primary N) is 1. The lowest BCUT2D eigenvalue weighted by molar-refractivity contribution is 0.376. The highest BCUT2D eigenvalue weighted by Crippen LogP contribution is 2.27. The number of rotatable bonds is 3. The molecule has 2 aromatic rings. The van der Waals surface area contributed by atoms with Crippen LogP contribution < -0.4 is 5.73 Å².